The Morgan fingerprint density at radius 1 is 1.21 bits per heavy atom. The zero-order valence-corrected chi connectivity index (χ0v) is 9.76. The molecule has 0 bridgehead atoms. The van der Waals surface area contributed by atoms with E-state index in [2.05, 4.69) is 38.1 Å². The second-order valence-electron chi connectivity index (χ2n) is 3.73. The maximum atomic E-state index is 5.78. The molecule has 1 aromatic carbocycles. The Labute approximate surface area is 91.1 Å². The summed E-state index contributed by atoms with van der Waals surface area (Å²) in [6.45, 7) is 5.19. The number of hydrogen-bond acceptors (Lipinski definition) is 2. The van der Waals surface area contributed by atoms with Crippen molar-refractivity contribution < 1.29 is 0 Å². The molecular formula is C12H19NS. The first-order valence-corrected chi connectivity index (χ1v) is 6.15. The number of nitrogens with two attached hydrogens (primary N) is 1. The molecule has 0 heterocycles. The Kier molecular flexibility index (Phi) is 5.05. The van der Waals surface area contributed by atoms with Gasteiger partial charge >= 0.3 is 0 Å². The molecular weight excluding hydrogens is 190 g/mol. The highest BCUT2D eigenvalue weighted by Gasteiger charge is 2.09. The molecule has 0 spiro atoms. The predicted molar refractivity (Wildman–Crippen MR) is 65.8 cm³/mol. The summed E-state index contributed by atoms with van der Waals surface area (Å²) in [6.07, 6.45) is 0. The van der Waals surface area contributed by atoms with Crippen molar-refractivity contribution in [2.45, 2.75) is 25.0 Å². The van der Waals surface area contributed by atoms with Crippen molar-refractivity contribution in [3.8, 4) is 0 Å². The third kappa shape index (κ3) is 3.72. The first-order valence-electron chi connectivity index (χ1n) is 5.10. The van der Waals surface area contributed by atoms with Crippen molar-refractivity contribution in [1.82, 2.24) is 0 Å². The second-order valence-corrected chi connectivity index (χ2v) is 5.33. The summed E-state index contributed by atoms with van der Waals surface area (Å²) in [6, 6.07) is 10.5. The van der Waals surface area contributed by atoms with Gasteiger partial charge in [0.1, 0.15) is 0 Å². The highest BCUT2D eigenvalue weighted by atomic mass is 32.2. The van der Waals surface area contributed by atoms with Gasteiger partial charge in [-0.3, -0.25) is 0 Å². The minimum Gasteiger partial charge on any atom is -0.330 e. The second kappa shape index (κ2) is 6.10. The van der Waals surface area contributed by atoms with Crippen molar-refractivity contribution in [3.05, 3.63) is 35.9 Å². The fourth-order valence-electron chi connectivity index (χ4n) is 1.33. The van der Waals surface area contributed by atoms with Gasteiger partial charge in [-0.05, 0) is 17.4 Å². The van der Waals surface area contributed by atoms with Crippen molar-refractivity contribution >= 4 is 11.8 Å². The van der Waals surface area contributed by atoms with Crippen molar-refractivity contribution in [2.24, 2.45) is 5.73 Å². The lowest BCUT2D eigenvalue weighted by atomic mass is 10.0. The largest absolute Gasteiger partial charge is 0.330 e. The van der Waals surface area contributed by atoms with E-state index in [1.54, 1.807) is 0 Å². The lowest BCUT2D eigenvalue weighted by Crippen LogP contribution is -2.15. The average Bonchev–Trinajstić information content (AvgIpc) is 2.20. The van der Waals surface area contributed by atoms with Gasteiger partial charge in [0, 0.05) is 11.7 Å². The fourth-order valence-corrected chi connectivity index (χ4v) is 2.28. The molecule has 0 fully saturated rings. The number of thioether (sulfide) groups is 1. The molecule has 0 saturated carbocycles. The molecule has 1 atom stereocenters. The van der Waals surface area contributed by atoms with Crippen molar-refractivity contribution in [3.63, 3.8) is 0 Å². The smallest absolute Gasteiger partial charge is 0.00520 e. The van der Waals surface area contributed by atoms with Crippen LogP contribution in [0.2, 0.25) is 0 Å². The van der Waals surface area contributed by atoms with Gasteiger partial charge < -0.3 is 5.73 Å². The van der Waals surface area contributed by atoms with Crippen LogP contribution in [0.1, 0.15) is 25.3 Å². The number of hydrogen-bond donors (Lipinski definition) is 1. The zero-order chi connectivity index (χ0) is 10.4. The molecule has 2 N–H and O–H groups in total. The Balaban J connectivity index is 2.54. The monoisotopic (exact) mass is 209 g/mol. The van der Waals surface area contributed by atoms with Crippen LogP contribution in [0.3, 0.4) is 0 Å². The summed E-state index contributed by atoms with van der Waals surface area (Å²) < 4.78 is 0. The molecule has 78 valence electrons. The molecule has 1 aromatic rings. The van der Waals surface area contributed by atoms with Crippen LogP contribution in [0.25, 0.3) is 0 Å². The molecule has 14 heavy (non-hydrogen) atoms. The van der Waals surface area contributed by atoms with Gasteiger partial charge in [0.05, 0.1) is 0 Å². The van der Waals surface area contributed by atoms with Crippen LogP contribution < -0.4 is 5.73 Å². The molecule has 0 radical (unpaired) electrons. The highest BCUT2D eigenvalue weighted by molar-refractivity contribution is 7.99. The maximum Gasteiger partial charge on any atom is 0.00520 e. The lowest BCUT2D eigenvalue weighted by molar-refractivity contribution is 0.783. The summed E-state index contributed by atoms with van der Waals surface area (Å²) >= 11 is 1.98. The molecule has 2 heteroatoms. The van der Waals surface area contributed by atoms with Crippen LogP contribution in [-0.2, 0) is 0 Å². The van der Waals surface area contributed by atoms with Crippen LogP contribution in [0.4, 0.5) is 0 Å². The Morgan fingerprint density at radius 3 is 2.36 bits per heavy atom. The summed E-state index contributed by atoms with van der Waals surface area (Å²) in [5.41, 5.74) is 7.14. The van der Waals surface area contributed by atoms with E-state index in [1.165, 1.54) is 5.56 Å². The van der Waals surface area contributed by atoms with E-state index in [0.717, 1.165) is 12.3 Å². The standard InChI is InChI=1S/C12H19NS/c1-10(2)14-9-12(8-13)11-6-4-3-5-7-11/h3-7,10,12H,8-9,13H2,1-2H3. The van der Waals surface area contributed by atoms with Crippen LogP contribution >= 0.6 is 11.8 Å². The fraction of sp³-hybridized carbons (Fsp3) is 0.500. The lowest BCUT2D eigenvalue weighted by Gasteiger charge is -2.15. The van der Waals surface area contributed by atoms with E-state index in [1.807, 2.05) is 17.8 Å². The third-order valence-electron chi connectivity index (χ3n) is 2.19. The predicted octanol–water partition coefficient (Wildman–Crippen LogP) is 2.87. The van der Waals surface area contributed by atoms with Gasteiger partial charge in [0.15, 0.2) is 0 Å². The molecule has 0 amide bonds. The minimum atomic E-state index is 0.503. The zero-order valence-electron chi connectivity index (χ0n) is 8.94. The van der Waals surface area contributed by atoms with Crippen LogP contribution in [0.5, 0.6) is 0 Å². The minimum absolute atomic E-state index is 0.503. The number of rotatable bonds is 5. The van der Waals surface area contributed by atoms with Crippen LogP contribution in [0.15, 0.2) is 30.3 Å². The third-order valence-corrected chi connectivity index (χ3v) is 3.45. The van der Waals surface area contributed by atoms with E-state index >= 15 is 0 Å². The number of benzene rings is 1. The maximum absolute atomic E-state index is 5.78. The van der Waals surface area contributed by atoms with Gasteiger partial charge in [0.25, 0.3) is 0 Å². The molecule has 1 rings (SSSR count). The summed E-state index contributed by atoms with van der Waals surface area (Å²) in [7, 11) is 0. The normalized spacial score (nSPS) is 13.1. The van der Waals surface area contributed by atoms with E-state index in [-0.39, 0.29) is 0 Å². The average molecular weight is 209 g/mol. The van der Waals surface area contributed by atoms with Crippen molar-refractivity contribution in [1.29, 1.82) is 0 Å². The first kappa shape index (κ1) is 11.6. The summed E-state index contributed by atoms with van der Waals surface area (Å²) in [5.74, 6) is 1.63. The Morgan fingerprint density at radius 2 is 1.86 bits per heavy atom. The molecule has 1 unspecified atom stereocenters. The van der Waals surface area contributed by atoms with E-state index in [4.69, 9.17) is 5.73 Å². The molecule has 0 aliphatic rings. The summed E-state index contributed by atoms with van der Waals surface area (Å²) in [4.78, 5) is 0. The van der Waals surface area contributed by atoms with Gasteiger partial charge in [-0.2, -0.15) is 11.8 Å². The molecule has 0 aliphatic carbocycles. The molecule has 1 nitrogen and oxygen atoms in total. The molecule has 0 aromatic heterocycles. The van der Waals surface area contributed by atoms with E-state index in [0.29, 0.717) is 11.2 Å². The quantitative estimate of drug-likeness (QED) is 0.807. The van der Waals surface area contributed by atoms with Gasteiger partial charge in [-0.25, -0.2) is 0 Å². The van der Waals surface area contributed by atoms with Gasteiger partial charge in [0.2, 0.25) is 0 Å². The van der Waals surface area contributed by atoms with Crippen molar-refractivity contribution in [2.75, 3.05) is 12.3 Å². The molecule has 0 aliphatic heterocycles. The first-order chi connectivity index (χ1) is 6.74. The molecule has 0 saturated heterocycles. The van der Waals surface area contributed by atoms with E-state index in [9.17, 15) is 0 Å². The van der Waals surface area contributed by atoms with Crippen LogP contribution in [0, 0.1) is 0 Å². The van der Waals surface area contributed by atoms with Crippen LogP contribution in [-0.4, -0.2) is 17.5 Å². The summed E-state index contributed by atoms with van der Waals surface area (Å²) in [5, 5.41) is 0.688. The highest BCUT2D eigenvalue weighted by Crippen LogP contribution is 2.22. The Hall–Kier alpha value is -0.470. The Bertz CT molecular complexity index is 246. The van der Waals surface area contributed by atoms with Gasteiger partial charge in [-0.15, -0.1) is 0 Å². The van der Waals surface area contributed by atoms with E-state index < -0.39 is 0 Å². The van der Waals surface area contributed by atoms with Gasteiger partial charge in [-0.1, -0.05) is 44.2 Å². The SMILES string of the molecule is CC(C)SCC(CN)c1ccccc1. The topological polar surface area (TPSA) is 26.0 Å².